The monoisotopic (exact) mass is 481 g/mol. The fourth-order valence-electron chi connectivity index (χ4n) is 4.48. The molecule has 3 heterocycles. The van der Waals surface area contributed by atoms with Crippen molar-refractivity contribution in [3.63, 3.8) is 0 Å². The summed E-state index contributed by atoms with van der Waals surface area (Å²) in [5.74, 6) is 6.30. The number of benzene rings is 2. The number of primary amides is 1. The molecule has 4 aromatic rings. The van der Waals surface area contributed by atoms with Crippen LogP contribution in [0.5, 0.6) is 0 Å². The number of anilines is 1. The largest absolute Gasteiger partial charge is 0.364 e. The van der Waals surface area contributed by atoms with E-state index >= 15 is 0 Å². The lowest BCUT2D eigenvalue weighted by atomic mass is 10.0. The second-order valence-electron chi connectivity index (χ2n) is 8.73. The molecule has 5 rings (SSSR count). The van der Waals surface area contributed by atoms with Crippen LogP contribution in [0.3, 0.4) is 0 Å². The summed E-state index contributed by atoms with van der Waals surface area (Å²) in [6.45, 7) is 0.867. The standard InChI is InChI=1S/C27H27N7O2/c28-25(35)24-23(33-26(34(24)29)21-8-4-5-14-30-21)18-9-11-19(12-10-18)27(36)32-22-16-20(13-15-31-22)17-6-2-1-3-7-17/h1-3,6-7,9-13,15-16,21,30H,4-5,8,14,29H2,(H2,28,35)(H,31,32,36)/t21-/m0/s1. The number of amides is 2. The fraction of sp³-hybridized carbons (Fsp3) is 0.185. The van der Waals surface area contributed by atoms with Crippen LogP contribution in [-0.4, -0.2) is 33.0 Å². The minimum Gasteiger partial charge on any atom is -0.364 e. The number of nitrogens with zero attached hydrogens (tertiary/aromatic N) is 3. The van der Waals surface area contributed by atoms with Crippen LogP contribution in [0, 0.1) is 0 Å². The van der Waals surface area contributed by atoms with Gasteiger partial charge in [0.15, 0.2) is 5.69 Å². The zero-order chi connectivity index (χ0) is 25.1. The van der Waals surface area contributed by atoms with E-state index in [9.17, 15) is 9.59 Å². The molecule has 1 fully saturated rings. The number of rotatable bonds is 6. The predicted octanol–water partition coefficient (Wildman–Crippen LogP) is 3.49. The molecule has 0 unspecified atom stereocenters. The van der Waals surface area contributed by atoms with Gasteiger partial charge in [0, 0.05) is 17.3 Å². The van der Waals surface area contributed by atoms with Crippen LogP contribution in [0.2, 0.25) is 0 Å². The summed E-state index contributed by atoms with van der Waals surface area (Å²) in [4.78, 5) is 34.0. The van der Waals surface area contributed by atoms with E-state index in [-0.39, 0.29) is 17.6 Å². The molecule has 36 heavy (non-hydrogen) atoms. The molecule has 1 atom stereocenters. The highest BCUT2D eigenvalue weighted by Gasteiger charge is 2.27. The van der Waals surface area contributed by atoms with Crippen LogP contribution in [0.25, 0.3) is 22.4 Å². The minimum atomic E-state index is -0.659. The zero-order valence-corrected chi connectivity index (χ0v) is 19.6. The summed E-state index contributed by atoms with van der Waals surface area (Å²) in [6, 6.07) is 20.4. The van der Waals surface area contributed by atoms with Crippen molar-refractivity contribution in [3.05, 3.63) is 90.0 Å². The third kappa shape index (κ3) is 4.69. The summed E-state index contributed by atoms with van der Waals surface area (Å²) < 4.78 is 1.28. The van der Waals surface area contributed by atoms with Gasteiger partial charge < -0.3 is 22.2 Å². The Bertz CT molecular complexity index is 1390. The van der Waals surface area contributed by atoms with Crippen LogP contribution >= 0.6 is 0 Å². The molecular weight excluding hydrogens is 454 g/mol. The van der Waals surface area contributed by atoms with Crippen LogP contribution in [0.15, 0.2) is 72.9 Å². The first-order valence-corrected chi connectivity index (χ1v) is 11.9. The van der Waals surface area contributed by atoms with E-state index in [4.69, 9.17) is 11.6 Å². The van der Waals surface area contributed by atoms with Crippen molar-refractivity contribution in [1.29, 1.82) is 0 Å². The number of pyridine rings is 1. The number of carbonyl (C=O) groups is 2. The molecule has 9 heteroatoms. The van der Waals surface area contributed by atoms with E-state index < -0.39 is 5.91 Å². The van der Waals surface area contributed by atoms with E-state index in [1.807, 2.05) is 42.5 Å². The second-order valence-corrected chi connectivity index (χ2v) is 8.73. The quantitative estimate of drug-likeness (QED) is 0.311. The zero-order valence-electron chi connectivity index (χ0n) is 19.6. The number of nitrogens with one attached hydrogen (secondary N) is 2. The highest BCUT2D eigenvalue weighted by molar-refractivity contribution is 6.04. The van der Waals surface area contributed by atoms with Crippen molar-refractivity contribution in [2.45, 2.75) is 25.3 Å². The van der Waals surface area contributed by atoms with Crippen LogP contribution in [0.1, 0.15) is 52.0 Å². The predicted molar refractivity (Wildman–Crippen MR) is 139 cm³/mol. The molecule has 2 aromatic carbocycles. The van der Waals surface area contributed by atoms with Gasteiger partial charge in [-0.05, 0) is 54.8 Å². The van der Waals surface area contributed by atoms with Gasteiger partial charge in [-0.25, -0.2) is 14.6 Å². The summed E-state index contributed by atoms with van der Waals surface area (Å²) in [5.41, 5.74) is 9.25. The van der Waals surface area contributed by atoms with Crippen LogP contribution in [-0.2, 0) is 0 Å². The molecule has 2 amide bonds. The maximum Gasteiger partial charge on any atom is 0.269 e. The normalized spacial score (nSPS) is 15.4. The van der Waals surface area contributed by atoms with Gasteiger partial charge in [0.05, 0.1) is 6.04 Å². The van der Waals surface area contributed by atoms with Gasteiger partial charge in [0.1, 0.15) is 17.3 Å². The molecule has 0 radical (unpaired) electrons. The molecule has 9 nitrogen and oxygen atoms in total. The molecule has 0 aliphatic carbocycles. The van der Waals surface area contributed by atoms with Crippen molar-refractivity contribution in [3.8, 4) is 22.4 Å². The maximum absolute atomic E-state index is 12.9. The number of piperidine rings is 1. The number of hydrogen-bond donors (Lipinski definition) is 4. The molecule has 0 saturated carbocycles. The van der Waals surface area contributed by atoms with Gasteiger partial charge >= 0.3 is 0 Å². The highest BCUT2D eigenvalue weighted by Crippen LogP contribution is 2.29. The summed E-state index contributed by atoms with van der Waals surface area (Å²) in [7, 11) is 0. The Kier molecular flexibility index (Phi) is 6.46. The third-order valence-electron chi connectivity index (χ3n) is 6.32. The number of carbonyl (C=O) groups excluding carboxylic acids is 2. The second kappa shape index (κ2) is 10.0. The molecule has 1 saturated heterocycles. The molecule has 6 N–H and O–H groups in total. The lowest BCUT2D eigenvalue weighted by Crippen LogP contribution is -2.32. The van der Waals surface area contributed by atoms with Crippen molar-refractivity contribution in [1.82, 2.24) is 20.0 Å². The van der Waals surface area contributed by atoms with Crippen molar-refractivity contribution in [2.75, 3.05) is 17.7 Å². The SMILES string of the molecule is NC(=O)c1c(-c2ccc(C(=O)Nc3cc(-c4ccccc4)ccn3)cc2)nc([C@@H]2CCCCN2)n1N. The average molecular weight is 482 g/mol. The van der Waals surface area contributed by atoms with Crippen molar-refractivity contribution >= 4 is 17.6 Å². The van der Waals surface area contributed by atoms with E-state index in [2.05, 4.69) is 20.6 Å². The molecule has 2 aromatic heterocycles. The van der Waals surface area contributed by atoms with Crippen LogP contribution < -0.4 is 22.2 Å². The lowest BCUT2D eigenvalue weighted by molar-refractivity contribution is 0.0991. The molecule has 0 bridgehead atoms. The number of nitrogens with two attached hydrogens (primary N) is 2. The molecule has 182 valence electrons. The van der Waals surface area contributed by atoms with Crippen molar-refractivity contribution < 1.29 is 9.59 Å². The first-order valence-electron chi connectivity index (χ1n) is 11.9. The smallest absolute Gasteiger partial charge is 0.269 e. The Balaban J connectivity index is 1.37. The Labute approximate surface area is 208 Å². The first kappa shape index (κ1) is 23.3. The number of imidazole rings is 1. The fourth-order valence-corrected chi connectivity index (χ4v) is 4.48. The first-order chi connectivity index (χ1) is 17.5. The highest BCUT2D eigenvalue weighted by atomic mass is 16.2. The summed E-state index contributed by atoms with van der Waals surface area (Å²) in [6.07, 6.45) is 4.68. The molecular formula is C27H27N7O2. The van der Waals surface area contributed by atoms with Gasteiger partial charge in [0.2, 0.25) is 0 Å². The summed E-state index contributed by atoms with van der Waals surface area (Å²) in [5, 5.41) is 6.24. The topological polar surface area (TPSA) is 141 Å². The van der Waals surface area contributed by atoms with Crippen LogP contribution in [0.4, 0.5) is 5.82 Å². The summed E-state index contributed by atoms with van der Waals surface area (Å²) >= 11 is 0. The maximum atomic E-state index is 12.9. The minimum absolute atomic E-state index is 0.0419. The Morgan fingerprint density at radius 1 is 0.972 bits per heavy atom. The average Bonchev–Trinajstić information content (AvgIpc) is 3.27. The van der Waals surface area contributed by atoms with Gasteiger partial charge in [0.25, 0.3) is 11.8 Å². The molecule has 0 spiro atoms. The Morgan fingerprint density at radius 3 is 2.44 bits per heavy atom. The third-order valence-corrected chi connectivity index (χ3v) is 6.32. The van der Waals surface area contributed by atoms with Gasteiger partial charge in [-0.3, -0.25) is 9.59 Å². The van der Waals surface area contributed by atoms with E-state index in [0.717, 1.165) is 36.9 Å². The number of hydrogen-bond acceptors (Lipinski definition) is 6. The van der Waals surface area contributed by atoms with E-state index in [0.29, 0.717) is 28.5 Å². The van der Waals surface area contributed by atoms with Gasteiger partial charge in [-0.15, -0.1) is 0 Å². The van der Waals surface area contributed by atoms with Gasteiger partial charge in [-0.2, -0.15) is 0 Å². The van der Waals surface area contributed by atoms with Gasteiger partial charge in [-0.1, -0.05) is 48.9 Å². The molecule has 1 aliphatic rings. The molecule has 1 aliphatic heterocycles. The Morgan fingerprint density at radius 2 is 1.75 bits per heavy atom. The lowest BCUT2D eigenvalue weighted by Gasteiger charge is -2.22. The van der Waals surface area contributed by atoms with Crippen molar-refractivity contribution in [2.24, 2.45) is 5.73 Å². The number of nitrogen functional groups attached to an aromatic ring is 1. The Hall–Kier alpha value is -4.50. The van der Waals surface area contributed by atoms with E-state index in [1.165, 1.54) is 4.68 Å². The number of aromatic nitrogens is 3. The van der Waals surface area contributed by atoms with E-state index in [1.54, 1.807) is 30.5 Å².